The summed E-state index contributed by atoms with van der Waals surface area (Å²) in [6.45, 7) is 6.45. The Morgan fingerprint density at radius 3 is 2.69 bits per heavy atom. The van der Waals surface area contributed by atoms with E-state index in [0.29, 0.717) is 6.54 Å². The first-order chi connectivity index (χ1) is 7.41. The molecule has 2 N–H and O–H groups in total. The number of hydrogen-bond acceptors (Lipinski definition) is 4. The van der Waals surface area contributed by atoms with Gasteiger partial charge in [-0.1, -0.05) is 13.8 Å². The molecule has 1 aromatic heterocycles. The lowest BCUT2D eigenvalue weighted by atomic mass is 10.0. The zero-order valence-electron chi connectivity index (χ0n) is 10.2. The third-order valence-electron chi connectivity index (χ3n) is 2.44. The number of carbonyl (C=O) groups excluding carboxylic acids is 1. The molecule has 0 spiro atoms. The van der Waals surface area contributed by atoms with E-state index in [1.54, 1.807) is 23.3 Å². The van der Waals surface area contributed by atoms with Gasteiger partial charge in [-0.25, -0.2) is 4.98 Å². The zero-order chi connectivity index (χ0) is 12.3. The van der Waals surface area contributed by atoms with E-state index in [0.717, 1.165) is 9.88 Å². The molecule has 0 radical (unpaired) electrons. The number of rotatable bonds is 4. The fraction of sp³-hybridized carbons (Fsp3) is 0.636. The topological polar surface area (TPSA) is 59.2 Å². The number of amides is 1. The van der Waals surface area contributed by atoms with Gasteiger partial charge < -0.3 is 10.6 Å². The van der Waals surface area contributed by atoms with Crippen LogP contribution in [-0.2, 0) is 11.3 Å². The van der Waals surface area contributed by atoms with Gasteiger partial charge in [0, 0.05) is 18.1 Å². The second kappa shape index (κ2) is 5.41. The minimum Gasteiger partial charge on any atom is -0.339 e. The van der Waals surface area contributed by atoms with Gasteiger partial charge in [0.05, 0.1) is 17.6 Å². The molecule has 0 aromatic carbocycles. The lowest BCUT2D eigenvalue weighted by Crippen LogP contribution is -2.44. The number of aryl methyl sites for hydroxylation is 1. The van der Waals surface area contributed by atoms with Crippen LogP contribution in [0.2, 0.25) is 0 Å². The molecule has 1 heterocycles. The quantitative estimate of drug-likeness (QED) is 0.866. The van der Waals surface area contributed by atoms with Crippen LogP contribution in [-0.4, -0.2) is 28.9 Å². The molecule has 1 rings (SSSR count). The summed E-state index contributed by atoms with van der Waals surface area (Å²) in [5.74, 6) is 0.152. The molecule has 16 heavy (non-hydrogen) atoms. The van der Waals surface area contributed by atoms with Gasteiger partial charge in [0.25, 0.3) is 0 Å². The van der Waals surface area contributed by atoms with Crippen LogP contribution in [0, 0.1) is 12.8 Å². The van der Waals surface area contributed by atoms with E-state index in [4.69, 9.17) is 5.73 Å². The first-order valence-electron chi connectivity index (χ1n) is 5.33. The lowest BCUT2D eigenvalue weighted by molar-refractivity contribution is -0.132. The smallest absolute Gasteiger partial charge is 0.239 e. The van der Waals surface area contributed by atoms with E-state index >= 15 is 0 Å². The predicted molar refractivity (Wildman–Crippen MR) is 66.1 cm³/mol. The molecule has 0 fully saturated rings. The number of nitrogens with zero attached hydrogens (tertiary/aromatic N) is 2. The minimum atomic E-state index is -0.418. The monoisotopic (exact) mass is 241 g/mol. The summed E-state index contributed by atoms with van der Waals surface area (Å²) in [4.78, 5) is 18.8. The first kappa shape index (κ1) is 13.1. The highest BCUT2D eigenvalue weighted by Crippen LogP contribution is 2.14. The van der Waals surface area contributed by atoms with Crippen LogP contribution in [0.1, 0.15) is 23.7 Å². The number of hydrogen-bond donors (Lipinski definition) is 1. The summed E-state index contributed by atoms with van der Waals surface area (Å²) in [5, 5.41) is 1.02. The molecule has 0 aliphatic rings. The molecule has 1 aromatic rings. The Bertz CT molecular complexity index is 362. The second-order valence-electron chi connectivity index (χ2n) is 4.31. The van der Waals surface area contributed by atoms with E-state index in [1.165, 1.54) is 0 Å². The van der Waals surface area contributed by atoms with Crippen molar-refractivity contribution in [2.75, 3.05) is 7.05 Å². The summed E-state index contributed by atoms with van der Waals surface area (Å²) in [5.41, 5.74) is 5.82. The summed E-state index contributed by atoms with van der Waals surface area (Å²) in [6, 6.07) is -0.418. The third-order valence-corrected chi connectivity index (χ3v) is 3.34. The summed E-state index contributed by atoms with van der Waals surface area (Å²) in [7, 11) is 1.78. The van der Waals surface area contributed by atoms with Crippen LogP contribution in [0.25, 0.3) is 0 Å². The Morgan fingerprint density at radius 1 is 1.62 bits per heavy atom. The molecule has 0 saturated carbocycles. The Kier molecular flexibility index (Phi) is 4.44. The summed E-state index contributed by atoms with van der Waals surface area (Å²) < 4.78 is 0. The SMILES string of the molecule is Cc1ncc(CN(C)C(=O)C(N)C(C)C)s1. The molecule has 0 aliphatic carbocycles. The standard InChI is InChI=1S/C11H19N3OS/c1-7(2)10(12)11(15)14(4)6-9-5-13-8(3)16-9/h5,7,10H,6,12H2,1-4H3. The molecular formula is C11H19N3OS. The van der Waals surface area contributed by atoms with Crippen LogP contribution in [0.3, 0.4) is 0 Å². The number of likely N-dealkylation sites (N-methyl/N-ethyl adjacent to an activating group) is 1. The molecule has 90 valence electrons. The van der Waals surface area contributed by atoms with Crippen molar-refractivity contribution in [3.05, 3.63) is 16.1 Å². The van der Waals surface area contributed by atoms with Gasteiger partial charge in [-0.05, 0) is 12.8 Å². The Labute approximate surface area is 100 Å². The van der Waals surface area contributed by atoms with Crippen molar-refractivity contribution in [2.45, 2.75) is 33.4 Å². The van der Waals surface area contributed by atoms with E-state index in [1.807, 2.05) is 27.0 Å². The molecule has 1 unspecified atom stereocenters. The highest BCUT2D eigenvalue weighted by Gasteiger charge is 2.21. The van der Waals surface area contributed by atoms with E-state index in [-0.39, 0.29) is 11.8 Å². The van der Waals surface area contributed by atoms with Gasteiger partial charge in [-0.15, -0.1) is 11.3 Å². The normalized spacial score (nSPS) is 12.9. The maximum atomic E-state index is 11.9. The van der Waals surface area contributed by atoms with Crippen molar-refractivity contribution in [2.24, 2.45) is 11.7 Å². The van der Waals surface area contributed by atoms with Crippen molar-refractivity contribution < 1.29 is 4.79 Å². The van der Waals surface area contributed by atoms with Crippen molar-refractivity contribution in [3.8, 4) is 0 Å². The fourth-order valence-electron chi connectivity index (χ4n) is 1.33. The van der Waals surface area contributed by atoms with Gasteiger partial charge in [0.1, 0.15) is 0 Å². The van der Waals surface area contributed by atoms with Crippen LogP contribution >= 0.6 is 11.3 Å². The highest BCUT2D eigenvalue weighted by molar-refractivity contribution is 7.11. The van der Waals surface area contributed by atoms with Gasteiger partial charge in [-0.3, -0.25) is 4.79 Å². The molecule has 0 bridgehead atoms. The predicted octanol–water partition coefficient (Wildman–Crippen LogP) is 1.39. The Hall–Kier alpha value is -0.940. The van der Waals surface area contributed by atoms with Gasteiger partial charge in [-0.2, -0.15) is 0 Å². The van der Waals surface area contributed by atoms with Gasteiger partial charge >= 0.3 is 0 Å². The minimum absolute atomic E-state index is 0.0129. The van der Waals surface area contributed by atoms with Crippen molar-refractivity contribution in [1.29, 1.82) is 0 Å². The fourth-order valence-corrected chi connectivity index (χ4v) is 2.18. The Balaban J connectivity index is 2.58. The molecule has 1 atom stereocenters. The third kappa shape index (κ3) is 3.28. The van der Waals surface area contributed by atoms with Crippen molar-refractivity contribution in [3.63, 3.8) is 0 Å². The zero-order valence-corrected chi connectivity index (χ0v) is 11.0. The molecule has 5 heteroatoms. The Morgan fingerprint density at radius 2 is 2.25 bits per heavy atom. The van der Waals surface area contributed by atoms with Crippen molar-refractivity contribution in [1.82, 2.24) is 9.88 Å². The van der Waals surface area contributed by atoms with Crippen LogP contribution < -0.4 is 5.73 Å². The molecular weight excluding hydrogens is 222 g/mol. The molecule has 0 aliphatic heterocycles. The largest absolute Gasteiger partial charge is 0.339 e. The number of nitrogens with two attached hydrogens (primary N) is 1. The highest BCUT2D eigenvalue weighted by atomic mass is 32.1. The van der Waals surface area contributed by atoms with Crippen LogP contribution in [0.15, 0.2) is 6.20 Å². The molecule has 0 saturated heterocycles. The average molecular weight is 241 g/mol. The molecule has 1 amide bonds. The van der Waals surface area contributed by atoms with E-state index < -0.39 is 6.04 Å². The molecule has 4 nitrogen and oxygen atoms in total. The second-order valence-corrected chi connectivity index (χ2v) is 5.63. The van der Waals surface area contributed by atoms with Crippen LogP contribution in [0.4, 0.5) is 0 Å². The van der Waals surface area contributed by atoms with Gasteiger partial charge in [0.2, 0.25) is 5.91 Å². The van der Waals surface area contributed by atoms with E-state index in [2.05, 4.69) is 4.98 Å². The number of aromatic nitrogens is 1. The summed E-state index contributed by atoms with van der Waals surface area (Å²) >= 11 is 1.61. The first-order valence-corrected chi connectivity index (χ1v) is 6.15. The maximum absolute atomic E-state index is 11.9. The van der Waals surface area contributed by atoms with Crippen molar-refractivity contribution >= 4 is 17.2 Å². The summed E-state index contributed by atoms with van der Waals surface area (Å²) in [6.07, 6.45) is 1.81. The number of thiazole rings is 1. The van der Waals surface area contributed by atoms with Crippen LogP contribution in [0.5, 0.6) is 0 Å². The van der Waals surface area contributed by atoms with E-state index in [9.17, 15) is 4.79 Å². The number of carbonyl (C=O) groups is 1. The maximum Gasteiger partial charge on any atom is 0.239 e. The lowest BCUT2D eigenvalue weighted by Gasteiger charge is -2.22. The van der Waals surface area contributed by atoms with Gasteiger partial charge in [0.15, 0.2) is 0 Å². The average Bonchev–Trinajstić information content (AvgIpc) is 2.61.